The van der Waals surface area contributed by atoms with Crippen molar-refractivity contribution in [1.29, 1.82) is 0 Å². The number of fused-ring (bicyclic) bond motifs is 2. The van der Waals surface area contributed by atoms with E-state index in [1.807, 2.05) is 52.0 Å². The van der Waals surface area contributed by atoms with Gasteiger partial charge in [-0.15, -0.1) is 0 Å². The summed E-state index contributed by atoms with van der Waals surface area (Å²) in [4.78, 5) is 44.9. The third-order valence-electron chi connectivity index (χ3n) is 5.17. The lowest BCUT2D eigenvalue weighted by molar-refractivity contribution is -0.116. The summed E-state index contributed by atoms with van der Waals surface area (Å²) in [6.45, 7) is 8.77. The fourth-order valence-electron chi connectivity index (χ4n) is 3.76. The number of rotatable bonds is 4. The van der Waals surface area contributed by atoms with Gasteiger partial charge in [0.05, 0.1) is 23.3 Å². The second-order valence-corrected chi connectivity index (χ2v) is 9.77. The van der Waals surface area contributed by atoms with Gasteiger partial charge < -0.3 is 15.0 Å². The van der Waals surface area contributed by atoms with E-state index in [2.05, 4.69) is 10.3 Å². The largest absolute Gasteiger partial charge is 0.444 e. The van der Waals surface area contributed by atoms with E-state index in [9.17, 15) is 14.4 Å². The number of benzene rings is 1. The van der Waals surface area contributed by atoms with Crippen LogP contribution >= 0.6 is 11.3 Å². The minimum Gasteiger partial charge on any atom is -0.444 e. The highest BCUT2D eigenvalue weighted by atomic mass is 32.1. The highest BCUT2D eigenvalue weighted by Crippen LogP contribution is 2.29. The maximum Gasteiger partial charge on any atom is 0.410 e. The molecule has 0 radical (unpaired) electrons. The third kappa shape index (κ3) is 4.40. The van der Waals surface area contributed by atoms with Crippen LogP contribution in [-0.2, 0) is 35.6 Å². The zero-order chi connectivity index (χ0) is 23.0. The van der Waals surface area contributed by atoms with Crippen LogP contribution in [0.2, 0.25) is 0 Å². The zero-order valence-corrected chi connectivity index (χ0v) is 19.5. The zero-order valence-electron chi connectivity index (χ0n) is 18.7. The number of nitrogens with one attached hydrogen (secondary N) is 1. The van der Waals surface area contributed by atoms with E-state index < -0.39 is 5.60 Å². The van der Waals surface area contributed by atoms with Gasteiger partial charge in [0.1, 0.15) is 12.1 Å². The molecule has 1 aromatic carbocycles. The summed E-state index contributed by atoms with van der Waals surface area (Å²) in [5.74, 6) is -0.318. The van der Waals surface area contributed by atoms with Gasteiger partial charge in [-0.2, -0.15) is 0 Å². The highest BCUT2D eigenvalue weighted by molar-refractivity contribution is 7.15. The molecular formula is C22H27N5O4S. The van der Waals surface area contributed by atoms with E-state index in [0.29, 0.717) is 31.2 Å². The van der Waals surface area contributed by atoms with Crippen LogP contribution in [0, 0.1) is 0 Å². The average molecular weight is 458 g/mol. The van der Waals surface area contributed by atoms with Crippen molar-refractivity contribution in [3.8, 4) is 0 Å². The number of carbonyl (C=O) groups is 2. The smallest absolute Gasteiger partial charge is 0.410 e. The fourth-order valence-corrected chi connectivity index (χ4v) is 4.80. The molecule has 0 atom stereocenters. The molecule has 3 aromatic rings. The molecule has 0 saturated heterocycles. The number of hydrogen-bond acceptors (Lipinski definition) is 6. The van der Waals surface area contributed by atoms with E-state index in [1.165, 1.54) is 15.9 Å². The number of hydrogen-bond donors (Lipinski definition) is 1. The molecule has 0 aliphatic carbocycles. The van der Waals surface area contributed by atoms with Crippen LogP contribution in [0.4, 0.5) is 9.93 Å². The van der Waals surface area contributed by atoms with Crippen molar-refractivity contribution in [3.05, 3.63) is 45.3 Å². The number of aromatic nitrogens is 3. The Morgan fingerprint density at radius 3 is 2.53 bits per heavy atom. The number of aryl methyl sites for hydroxylation is 1. The van der Waals surface area contributed by atoms with Gasteiger partial charge in [0, 0.05) is 24.4 Å². The van der Waals surface area contributed by atoms with Crippen LogP contribution in [0.25, 0.3) is 11.0 Å². The topological polar surface area (TPSA) is 98.5 Å². The molecule has 4 rings (SSSR count). The molecule has 1 aliphatic heterocycles. The number of thiazole rings is 1. The van der Waals surface area contributed by atoms with E-state index in [0.717, 1.165) is 21.6 Å². The Labute approximate surface area is 189 Å². The van der Waals surface area contributed by atoms with Crippen LogP contribution < -0.4 is 11.0 Å². The van der Waals surface area contributed by atoms with Crippen molar-refractivity contribution in [2.75, 3.05) is 11.9 Å². The van der Waals surface area contributed by atoms with Crippen molar-refractivity contribution in [2.24, 2.45) is 0 Å². The van der Waals surface area contributed by atoms with Gasteiger partial charge in [-0.25, -0.2) is 14.6 Å². The molecule has 2 aromatic heterocycles. The van der Waals surface area contributed by atoms with E-state index in [4.69, 9.17) is 4.74 Å². The Morgan fingerprint density at radius 2 is 1.88 bits per heavy atom. The number of anilines is 1. The first kappa shape index (κ1) is 22.1. The molecule has 10 heteroatoms. The Bertz CT molecular complexity index is 1230. The summed E-state index contributed by atoms with van der Waals surface area (Å²) in [5, 5.41) is 3.28. The standard InChI is InChI=1S/C22H27N5O4S/c1-5-26-15-8-6-7-9-16(15)27(20(26)29)13-18(28)24-19-23-14-10-11-25(12-17(14)32-19)21(30)31-22(2,3)4/h6-9H,5,10-13H2,1-4H3,(H,23,24,28). The maximum absolute atomic E-state index is 12.7. The number of nitrogens with zero attached hydrogens (tertiary/aromatic N) is 4. The first-order chi connectivity index (χ1) is 15.2. The van der Waals surface area contributed by atoms with Crippen molar-refractivity contribution < 1.29 is 14.3 Å². The molecule has 0 bridgehead atoms. The minimum atomic E-state index is -0.552. The van der Waals surface area contributed by atoms with Gasteiger partial charge in [0.25, 0.3) is 0 Å². The lowest BCUT2D eigenvalue weighted by atomic mass is 10.2. The number of para-hydroxylation sites is 2. The second-order valence-electron chi connectivity index (χ2n) is 8.69. The molecule has 9 nitrogen and oxygen atoms in total. The highest BCUT2D eigenvalue weighted by Gasteiger charge is 2.28. The Balaban J connectivity index is 1.46. The predicted molar refractivity (Wildman–Crippen MR) is 123 cm³/mol. The summed E-state index contributed by atoms with van der Waals surface area (Å²) >= 11 is 1.35. The van der Waals surface area contributed by atoms with Gasteiger partial charge in [-0.3, -0.25) is 13.9 Å². The molecule has 1 N–H and O–H groups in total. The van der Waals surface area contributed by atoms with Crippen LogP contribution in [0.5, 0.6) is 0 Å². The van der Waals surface area contributed by atoms with Crippen LogP contribution in [-0.4, -0.2) is 43.2 Å². The number of amides is 2. The summed E-state index contributed by atoms with van der Waals surface area (Å²) in [7, 11) is 0. The summed E-state index contributed by atoms with van der Waals surface area (Å²) in [6.07, 6.45) is 0.249. The maximum atomic E-state index is 12.7. The molecular weight excluding hydrogens is 430 g/mol. The normalized spacial score (nSPS) is 13.8. The van der Waals surface area contributed by atoms with Gasteiger partial charge in [-0.1, -0.05) is 23.5 Å². The molecule has 170 valence electrons. The monoisotopic (exact) mass is 457 g/mol. The Hall–Kier alpha value is -3.14. The molecule has 0 fully saturated rings. The molecule has 2 amide bonds. The van der Waals surface area contributed by atoms with E-state index in [-0.39, 0.29) is 24.2 Å². The number of imidazole rings is 1. The van der Waals surface area contributed by atoms with E-state index in [1.54, 1.807) is 9.47 Å². The average Bonchev–Trinajstić information content (AvgIpc) is 3.24. The molecule has 3 heterocycles. The van der Waals surface area contributed by atoms with Crippen molar-refractivity contribution in [2.45, 2.75) is 59.4 Å². The lowest BCUT2D eigenvalue weighted by Gasteiger charge is -2.29. The molecule has 1 aliphatic rings. The van der Waals surface area contributed by atoms with Gasteiger partial charge >= 0.3 is 11.8 Å². The summed E-state index contributed by atoms with van der Waals surface area (Å²) in [6, 6.07) is 7.43. The third-order valence-corrected chi connectivity index (χ3v) is 6.17. The van der Waals surface area contributed by atoms with Gasteiger partial charge in [-0.05, 0) is 39.8 Å². The summed E-state index contributed by atoms with van der Waals surface area (Å²) in [5.41, 5.74) is 1.64. The quantitative estimate of drug-likeness (QED) is 0.649. The lowest BCUT2D eigenvalue weighted by Crippen LogP contribution is -2.39. The van der Waals surface area contributed by atoms with Crippen LogP contribution in [0.15, 0.2) is 29.1 Å². The first-order valence-corrected chi connectivity index (χ1v) is 11.4. The SMILES string of the molecule is CCn1c(=O)n(CC(=O)Nc2nc3c(s2)CN(C(=O)OC(C)(C)C)CC3)c2ccccc21. The fraction of sp³-hybridized carbons (Fsp3) is 0.455. The predicted octanol–water partition coefficient (Wildman–Crippen LogP) is 3.21. The number of carbonyl (C=O) groups excluding carboxylic acids is 2. The molecule has 0 unspecified atom stereocenters. The first-order valence-electron chi connectivity index (χ1n) is 10.6. The van der Waals surface area contributed by atoms with Crippen molar-refractivity contribution in [1.82, 2.24) is 19.0 Å². The van der Waals surface area contributed by atoms with Gasteiger partial charge in [0.15, 0.2) is 5.13 Å². The second kappa shape index (κ2) is 8.42. The molecule has 0 saturated carbocycles. The molecule has 0 spiro atoms. The van der Waals surface area contributed by atoms with E-state index >= 15 is 0 Å². The Kier molecular flexibility index (Phi) is 5.81. The summed E-state index contributed by atoms with van der Waals surface area (Å²) < 4.78 is 8.58. The van der Waals surface area contributed by atoms with Crippen LogP contribution in [0.3, 0.4) is 0 Å². The number of ether oxygens (including phenoxy) is 1. The minimum absolute atomic E-state index is 0.0966. The van der Waals surface area contributed by atoms with Gasteiger partial charge in [0.2, 0.25) is 5.91 Å². The van der Waals surface area contributed by atoms with Crippen LogP contribution in [0.1, 0.15) is 38.3 Å². The van der Waals surface area contributed by atoms with Crippen molar-refractivity contribution >= 4 is 39.5 Å². The molecule has 32 heavy (non-hydrogen) atoms. The Morgan fingerprint density at radius 1 is 1.19 bits per heavy atom. The van der Waals surface area contributed by atoms with Crippen molar-refractivity contribution in [3.63, 3.8) is 0 Å².